The number of carbonyl (C=O) groups excluding carboxylic acids is 2. The maximum atomic E-state index is 13.8. The smallest absolute Gasteiger partial charge is 0.322 e. The zero-order valence-corrected chi connectivity index (χ0v) is 23.7. The van der Waals surface area contributed by atoms with Crippen molar-refractivity contribution in [1.29, 1.82) is 0 Å². The molecule has 9 heteroatoms. The number of nitrogens with one attached hydrogen (secondary N) is 2. The number of aromatic amines is 1. The van der Waals surface area contributed by atoms with Crippen LogP contribution < -0.4 is 10.1 Å². The lowest BCUT2D eigenvalue weighted by Crippen LogP contribution is -2.46. The molecular weight excluding hydrogens is 560 g/mol. The summed E-state index contributed by atoms with van der Waals surface area (Å²) >= 11 is 3.40. The Morgan fingerprint density at radius 2 is 1.64 bits per heavy atom. The number of rotatable bonds is 12. The summed E-state index contributed by atoms with van der Waals surface area (Å²) in [4.78, 5) is 33.5. The number of amides is 3. The van der Waals surface area contributed by atoms with Gasteiger partial charge in [-0.15, -0.1) is 0 Å². The Bertz CT molecular complexity index is 1390. The Morgan fingerprint density at radius 1 is 0.897 bits per heavy atom. The maximum Gasteiger partial charge on any atom is 0.322 e. The molecule has 0 aliphatic heterocycles. The van der Waals surface area contributed by atoms with Gasteiger partial charge in [0.1, 0.15) is 12.3 Å². The van der Waals surface area contributed by atoms with Crippen molar-refractivity contribution in [3.63, 3.8) is 0 Å². The first-order valence-electron chi connectivity index (χ1n) is 12.7. The summed E-state index contributed by atoms with van der Waals surface area (Å²) in [5, 5.41) is 4.02. The Labute approximate surface area is 237 Å². The molecule has 4 rings (SSSR count). The van der Waals surface area contributed by atoms with Crippen LogP contribution in [0, 0.1) is 0 Å². The number of hydrogen-bond acceptors (Lipinski definition) is 4. The van der Waals surface area contributed by atoms with Crippen molar-refractivity contribution in [1.82, 2.24) is 14.8 Å². The van der Waals surface area contributed by atoms with E-state index in [4.69, 9.17) is 9.47 Å². The van der Waals surface area contributed by atoms with Crippen molar-refractivity contribution < 1.29 is 19.1 Å². The van der Waals surface area contributed by atoms with Gasteiger partial charge >= 0.3 is 6.03 Å². The first kappa shape index (κ1) is 28.2. The number of halogens is 1. The van der Waals surface area contributed by atoms with Crippen LogP contribution in [0.15, 0.2) is 83.5 Å². The molecule has 0 unspecified atom stereocenters. The van der Waals surface area contributed by atoms with Crippen LogP contribution in [-0.2, 0) is 22.5 Å². The standard InChI is InChI=1S/C30H33BrN4O4/c1-38-18-17-35(30(37)33-25-13-11-24(31)12-14-25)21-29(36)34(20-23-7-3-6-10-28(23)39-2)16-15-22-19-32-27-9-5-4-8-26(22)27/h3-14,19,32H,15-18,20-21H2,1-2H3,(H,33,37). The molecule has 0 fully saturated rings. The SMILES string of the molecule is COCCN(CC(=O)N(CCc1c[nH]c2ccccc12)Cc1ccccc1OC)C(=O)Nc1ccc(Br)cc1. The predicted molar refractivity (Wildman–Crippen MR) is 157 cm³/mol. The predicted octanol–water partition coefficient (Wildman–Crippen LogP) is 5.69. The lowest BCUT2D eigenvalue weighted by Gasteiger charge is -2.28. The van der Waals surface area contributed by atoms with Gasteiger partial charge in [0, 0.05) is 59.6 Å². The number of H-pyrrole nitrogens is 1. The first-order valence-corrected chi connectivity index (χ1v) is 13.5. The first-order chi connectivity index (χ1) is 19.0. The molecule has 0 saturated carbocycles. The van der Waals surface area contributed by atoms with Gasteiger partial charge in [-0.1, -0.05) is 52.3 Å². The number of carbonyl (C=O) groups is 2. The van der Waals surface area contributed by atoms with E-state index in [9.17, 15) is 9.59 Å². The highest BCUT2D eigenvalue weighted by Gasteiger charge is 2.23. The fourth-order valence-corrected chi connectivity index (χ4v) is 4.64. The van der Waals surface area contributed by atoms with Crippen LogP contribution in [0.25, 0.3) is 10.9 Å². The third kappa shape index (κ3) is 7.61. The topological polar surface area (TPSA) is 86.9 Å². The number of ether oxygens (including phenoxy) is 2. The summed E-state index contributed by atoms with van der Waals surface area (Å²) in [7, 11) is 3.19. The fourth-order valence-electron chi connectivity index (χ4n) is 4.38. The van der Waals surface area contributed by atoms with Crippen LogP contribution in [0.1, 0.15) is 11.1 Å². The minimum Gasteiger partial charge on any atom is -0.496 e. The van der Waals surface area contributed by atoms with E-state index in [-0.39, 0.29) is 25.0 Å². The van der Waals surface area contributed by atoms with E-state index < -0.39 is 0 Å². The Kier molecular flexibility index (Phi) is 9.99. The molecule has 0 radical (unpaired) electrons. The lowest BCUT2D eigenvalue weighted by atomic mass is 10.1. The number of methoxy groups -OCH3 is 2. The van der Waals surface area contributed by atoms with Crippen LogP contribution in [0.2, 0.25) is 0 Å². The lowest BCUT2D eigenvalue weighted by molar-refractivity contribution is -0.132. The number of urea groups is 1. The van der Waals surface area contributed by atoms with Crippen LogP contribution in [0.5, 0.6) is 5.75 Å². The van der Waals surface area contributed by atoms with Crippen molar-refractivity contribution in [2.75, 3.05) is 45.8 Å². The highest BCUT2D eigenvalue weighted by Crippen LogP contribution is 2.22. The molecule has 0 aliphatic rings. The largest absolute Gasteiger partial charge is 0.496 e. The highest BCUT2D eigenvalue weighted by molar-refractivity contribution is 9.10. The Morgan fingerprint density at radius 3 is 2.41 bits per heavy atom. The summed E-state index contributed by atoms with van der Waals surface area (Å²) in [6.45, 7) is 1.33. The molecule has 3 amide bonds. The number of para-hydroxylation sites is 2. The van der Waals surface area contributed by atoms with Gasteiger partial charge in [0.25, 0.3) is 0 Å². The number of nitrogens with zero attached hydrogens (tertiary/aromatic N) is 2. The summed E-state index contributed by atoms with van der Waals surface area (Å²) in [6, 6.07) is 22.7. The fraction of sp³-hybridized carbons (Fsp3) is 0.267. The van der Waals surface area contributed by atoms with Crippen molar-refractivity contribution in [3.05, 3.63) is 94.6 Å². The molecule has 39 heavy (non-hydrogen) atoms. The van der Waals surface area contributed by atoms with Crippen molar-refractivity contribution >= 4 is 44.5 Å². The molecule has 2 N–H and O–H groups in total. The molecule has 3 aromatic carbocycles. The Balaban J connectivity index is 1.53. The van der Waals surface area contributed by atoms with E-state index in [0.29, 0.717) is 37.6 Å². The number of aromatic nitrogens is 1. The van der Waals surface area contributed by atoms with Crippen LogP contribution in [0.4, 0.5) is 10.5 Å². The minimum absolute atomic E-state index is 0.0885. The average molecular weight is 594 g/mol. The normalized spacial score (nSPS) is 10.8. The molecule has 0 atom stereocenters. The second kappa shape index (κ2) is 13.8. The molecule has 1 heterocycles. The molecule has 204 valence electrons. The number of fused-ring (bicyclic) bond motifs is 1. The highest BCUT2D eigenvalue weighted by atomic mass is 79.9. The van der Waals surface area contributed by atoms with Gasteiger partial charge < -0.3 is 29.6 Å². The van der Waals surface area contributed by atoms with E-state index in [0.717, 1.165) is 26.5 Å². The maximum absolute atomic E-state index is 13.8. The van der Waals surface area contributed by atoms with Gasteiger partial charge in [0.15, 0.2) is 0 Å². The van der Waals surface area contributed by atoms with Crippen LogP contribution in [0.3, 0.4) is 0 Å². The Hall–Kier alpha value is -3.82. The van der Waals surface area contributed by atoms with Gasteiger partial charge in [-0.25, -0.2) is 4.79 Å². The average Bonchev–Trinajstić information content (AvgIpc) is 3.37. The summed E-state index contributed by atoms with van der Waals surface area (Å²) < 4.78 is 11.7. The molecule has 8 nitrogen and oxygen atoms in total. The summed E-state index contributed by atoms with van der Waals surface area (Å²) in [6.07, 6.45) is 2.65. The molecule has 0 saturated heterocycles. The second-order valence-corrected chi connectivity index (χ2v) is 10.0. The molecule has 1 aromatic heterocycles. The van der Waals surface area contributed by atoms with Gasteiger partial charge in [-0.05, 0) is 48.4 Å². The van der Waals surface area contributed by atoms with Crippen molar-refractivity contribution in [2.45, 2.75) is 13.0 Å². The van der Waals surface area contributed by atoms with E-state index in [1.807, 2.05) is 60.8 Å². The quantitative estimate of drug-likeness (QED) is 0.221. The molecule has 0 spiro atoms. The third-order valence-corrected chi connectivity index (χ3v) is 7.04. The monoisotopic (exact) mass is 592 g/mol. The number of benzene rings is 3. The zero-order chi connectivity index (χ0) is 27.6. The van der Waals surface area contributed by atoms with E-state index in [1.54, 1.807) is 31.3 Å². The molecule has 4 aromatic rings. The summed E-state index contributed by atoms with van der Waals surface area (Å²) in [5.41, 5.74) is 3.73. The van der Waals surface area contributed by atoms with Gasteiger partial charge in [-0.2, -0.15) is 0 Å². The van der Waals surface area contributed by atoms with Gasteiger partial charge in [0.05, 0.1) is 13.7 Å². The number of anilines is 1. The van der Waals surface area contributed by atoms with Crippen LogP contribution in [-0.4, -0.2) is 67.2 Å². The molecular formula is C30H33BrN4O4. The second-order valence-electron chi connectivity index (χ2n) is 9.09. The number of hydrogen-bond donors (Lipinski definition) is 2. The van der Waals surface area contributed by atoms with E-state index >= 15 is 0 Å². The van der Waals surface area contributed by atoms with Gasteiger partial charge in [-0.3, -0.25) is 4.79 Å². The van der Waals surface area contributed by atoms with Gasteiger partial charge in [0.2, 0.25) is 5.91 Å². The molecule has 0 aliphatic carbocycles. The molecule has 0 bridgehead atoms. The van der Waals surface area contributed by atoms with Crippen molar-refractivity contribution in [3.8, 4) is 5.75 Å². The van der Waals surface area contributed by atoms with Crippen LogP contribution >= 0.6 is 15.9 Å². The zero-order valence-electron chi connectivity index (χ0n) is 22.2. The minimum atomic E-state index is -0.364. The van der Waals surface area contributed by atoms with E-state index in [2.05, 4.69) is 32.3 Å². The van der Waals surface area contributed by atoms with E-state index in [1.165, 1.54) is 4.90 Å². The van der Waals surface area contributed by atoms with Crippen molar-refractivity contribution in [2.24, 2.45) is 0 Å². The third-order valence-electron chi connectivity index (χ3n) is 6.51. The summed E-state index contributed by atoms with van der Waals surface area (Å²) in [5.74, 6) is 0.550.